The molecule has 2 aliphatic rings. The first-order chi connectivity index (χ1) is 7.86. The second-order valence-corrected chi connectivity index (χ2v) is 4.55. The molecule has 3 heterocycles. The zero-order valence-electron chi connectivity index (χ0n) is 9.06. The van der Waals surface area contributed by atoms with Crippen LogP contribution in [0.1, 0.15) is 12.0 Å². The maximum absolute atomic E-state index is 8.84. The number of pyridine rings is 1. The minimum absolute atomic E-state index is 0.638. The maximum atomic E-state index is 8.84. The zero-order chi connectivity index (χ0) is 11.0. The monoisotopic (exact) mass is 214 g/mol. The van der Waals surface area contributed by atoms with Crippen LogP contribution in [0.15, 0.2) is 18.5 Å². The number of anilines is 1. The van der Waals surface area contributed by atoms with Crippen molar-refractivity contribution < 1.29 is 0 Å². The smallest absolute Gasteiger partial charge is 0.101 e. The first-order valence-electron chi connectivity index (χ1n) is 5.70. The Bertz CT molecular complexity index is 437. The Morgan fingerprint density at radius 3 is 3.12 bits per heavy atom. The van der Waals surface area contributed by atoms with Crippen molar-refractivity contribution in [1.29, 1.82) is 5.26 Å². The predicted molar refractivity (Wildman–Crippen MR) is 61.1 cm³/mol. The summed E-state index contributed by atoms with van der Waals surface area (Å²) >= 11 is 0. The summed E-state index contributed by atoms with van der Waals surface area (Å²) in [4.78, 5) is 6.43. The number of nitrogens with one attached hydrogen (secondary N) is 1. The molecule has 2 fully saturated rings. The second kappa shape index (κ2) is 3.76. The number of hydrogen-bond acceptors (Lipinski definition) is 4. The summed E-state index contributed by atoms with van der Waals surface area (Å²) in [5, 5.41) is 12.3. The third-order valence-corrected chi connectivity index (χ3v) is 3.62. The Kier molecular flexibility index (Phi) is 2.26. The van der Waals surface area contributed by atoms with Crippen LogP contribution >= 0.6 is 0 Å². The fourth-order valence-electron chi connectivity index (χ4n) is 2.51. The highest BCUT2D eigenvalue weighted by Gasteiger charge is 2.35. The fraction of sp³-hybridized carbons (Fsp3) is 0.500. The van der Waals surface area contributed by atoms with E-state index in [1.165, 1.54) is 13.0 Å². The standard InChI is InChI=1S/C12H14N4/c13-4-9-3-11(7-14-5-9)16-2-1-10-6-15-12(10)8-16/h3,5,7,10,12,15H,1-2,6,8H2/t10-,12-/m1/s1. The van der Waals surface area contributed by atoms with E-state index in [9.17, 15) is 0 Å². The molecule has 1 N–H and O–H groups in total. The summed E-state index contributed by atoms with van der Waals surface area (Å²) < 4.78 is 0. The molecule has 0 aromatic carbocycles. The number of aromatic nitrogens is 1. The lowest BCUT2D eigenvalue weighted by Gasteiger charge is -2.47. The van der Waals surface area contributed by atoms with E-state index in [-0.39, 0.29) is 0 Å². The highest BCUT2D eigenvalue weighted by molar-refractivity contribution is 5.49. The zero-order valence-corrected chi connectivity index (χ0v) is 9.06. The molecule has 2 aliphatic heterocycles. The van der Waals surface area contributed by atoms with E-state index in [0.717, 1.165) is 24.7 Å². The van der Waals surface area contributed by atoms with E-state index < -0.39 is 0 Å². The predicted octanol–water partition coefficient (Wildman–Crippen LogP) is 0.751. The van der Waals surface area contributed by atoms with Gasteiger partial charge >= 0.3 is 0 Å². The topological polar surface area (TPSA) is 52.0 Å². The van der Waals surface area contributed by atoms with E-state index in [1.807, 2.05) is 12.3 Å². The average molecular weight is 214 g/mol. The van der Waals surface area contributed by atoms with Gasteiger partial charge in [0.05, 0.1) is 17.4 Å². The van der Waals surface area contributed by atoms with Gasteiger partial charge in [-0.05, 0) is 24.9 Å². The lowest BCUT2D eigenvalue weighted by Crippen LogP contribution is -2.62. The van der Waals surface area contributed by atoms with E-state index in [0.29, 0.717) is 11.6 Å². The molecule has 1 aromatic rings. The van der Waals surface area contributed by atoms with Gasteiger partial charge in [-0.15, -0.1) is 0 Å². The maximum Gasteiger partial charge on any atom is 0.101 e. The molecule has 4 heteroatoms. The summed E-state index contributed by atoms with van der Waals surface area (Å²) in [7, 11) is 0. The van der Waals surface area contributed by atoms with Gasteiger partial charge in [0.15, 0.2) is 0 Å². The summed E-state index contributed by atoms with van der Waals surface area (Å²) in [5.74, 6) is 0.864. The molecule has 2 atom stereocenters. The molecule has 0 radical (unpaired) electrons. The molecule has 0 unspecified atom stereocenters. The van der Waals surface area contributed by atoms with E-state index in [2.05, 4.69) is 21.3 Å². The van der Waals surface area contributed by atoms with Gasteiger partial charge < -0.3 is 10.2 Å². The van der Waals surface area contributed by atoms with Gasteiger partial charge in [0.1, 0.15) is 6.07 Å². The summed E-state index contributed by atoms with van der Waals surface area (Å²) in [6.45, 7) is 3.30. The Labute approximate surface area is 94.9 Å². The van der Waals surface area contributed by atoms with E-state index in [1.54, 1.807) is 6.20 Å². The minimum Gasteiger partial charge on any atom is -0.369 e. The second-order valence-electron chi connectivity index (χ2n) is 4.55. The largest absolute Gasteiger partial charge is 0.369 e. The molecule has 0 saturated carbocycles. The molecule has 0 aliphatic carbocycles. The number of rotatable bonds is 1. The average Bonchev–Trinajstić information content (AvgIpc) is 2.31. The third-order valence-electron chi connectivity index (χ3n) is 3.62. The Morgan fingerprint density at radius 1 is 1.50 bits per heavy atom. The molecule has 0 spiro atoms. The van der Waals surface area contributed by atoms with Gasteiger partial charge in [0.25, 0.3) is 0 Å². The number of piperidine rings is 1. The minimum atomic E-state index is 0.638. The molecular formula is C12H14N4. The fourth-order valence-corrected chi connectivity index (χ4v) is 2.51. The van der Waals surface area contributed by atoms with Crippen LogP contribution in [0.25, 0.3) is 0 Å². The van der Waals surface area contributed by atoms with Crippen LogP contribution in [-0.2, 0) is 0 Å². The number of nitriles is 1. The van der Waals surface area contributed by atoms with Gasteiger partial charge in [-0.1, -0.05) is 0 Å². The van der Waals surface area contributed by atoms with Crippen LogP contribution in [-0.4, -0.2) is 30.7 Å². The highest BCUT2D eigenvalue weighted by atomic mass is 15.2. The number of fused-ring (bicyclic) bond motifs is 1. The van der Waals surface area contributed by atoms with Crippen LogP contribution in [0.3, 0.4) is 0 Å². The van der Waals surface area contributed by atoms with Crippen LogP contribution < -0.4 is 10.2 Å². The van der Waals surface area contributed by atoms with Gasteiger partial charge in [0.2, 0.25) is 0 Å². The van der Waals surface area contributed by atoms with Gasteiger partial charge in [-0.25, -0.2) is 0 Å². The van der Waals surface area contributed by atoms with Crippen molar-refractivity contribution in [3.8, 4) is 6.07 Å². The molecule has 2 saturated heterocycles. The molecular weight excluding hydrogens is 200 g/mol. The summed E-state index contributed by atoms with van der Waals surface area (Å²) in [6, 6.07) is 4.70. The van der Waals surface area contributed by atoms with Crippen molar-refractivity contribution >= 4 is 5.69 Å². The quantitative estimate of drug-likeness (QED) is 0.749. The molecule has 16 heavy (non-hydrogen) atoms. The molecule has 82 valence electrons. The molecule has 1 aromatic heterocycles. The van der Waals surface area contributed by atoms with Gasteiger partial charge in [-0.2, -0.15) is 5.26 Å². The van der Waals surface area contributed by atoms with E-state index >= 15 is 0 Å². The van der Waals surface area contributed by atoms with Crippen LogP contribution in [0.2, 0.25) is 0 Å². The third kappa shape index (κ3) is 1.54. The highest BCUT2D eigenvalue weighted by Crippen LogP contribution is 2.27. The number of hydrogen-bond donors (Lipinski definition) is 1. The Hall–Kier alpha value is -1.60. The Morgan fingerprint density at radius 2 is 2.44 bits per heavy atom. The van der Waals surface area contributed by atoms with Crippen molar-refractivity contribution in [3.63, 3.8) is 0 Å². The van der Waals surface area contributed by atoms with Crippen molar-refractivity contribution in [1.82, 2.24) is 10.3 Å². The van der Waals surface area contributed by atoms with E-state index in [4.69, 9.17) is 5.26 Å². The first kappa shape index (κ1) is 9.61. The summed E-state index contributed by atoms with van der Waals surface area (Å²) in [6.07, 6.45) is 4.70. The van der Waals surface area contributed by atoms with Crippen LogP contribution in [0.4, 0.5) is 5.69 Å². The summed E-state index contributed by atoms with van der Waals surface area (Å²) in [5.41, 5.74) is 1.72. The van der Waals surface area contributed by atoms with Crippen LogP contribution in [0, 0.1) is 17.2 Å². The lowest BCUT2D eigenvalue weighted by atomic mass is 9.85. The van der Waals surface area contributed by atoms with Crippen molar-refractivity contribution in [2.24, 2.45) is 5.92 Å². The van der Waals surface area contributed by atoms with Crippen LogP contribution in [0.5, 0.6) is 0 Å². The molecule has 3 rings (SSSR count). The molecule has 0 amide bonds. The first-order valence-corrected chi connectivity index (χ1v) is 5.70. The van der Waals surface area contributed by atoms with Gasteiger partial charge in [-0.3, -0.25) is 4.98 Å². The lowest BCUT2D eigenvalue weighted by molar-refractivity contribution is 0.197. The van der Waals surface area contributed by atoms with Crippen molar-refractivity contribution in [2.75, 3.05) is 24.5 Å². The molecule has 4 nitrogen and oxygen atoms in total. The van der Waals surface area contributed by atoms with Gasteiger partial charge in [0, 0.05) is 25.3 Å². The Balaban J connectivity index is 1.79. The normalized spacial score (nSPS) is 27.8. The SMILES string of the molecule is N#Cc1cncc(N2CC[C@@H]3CN[C@@H]3C2)c1. The number of nitrogens with zero attached hydrogens (tertiary/aromatic N) is 3. The van der Waals surface area contributed by atoms with Crippen molar-refractivity contribution in [2.45, 2.75) is 12.5 Å². The molecule has 0 bridgehead atoms. The van der Waals surface area contributed by atoms with Crippen molar-refractivity contribution in [3.05, 3.63) is 24.0 Å².